The third-order valence-corrected chi connectivity index (χ3v) is 4.06. The Bertz CT molecular complexity index is 966. The van der Waals surface area contributed by atoms with Gasteiger partial charge in [-0.15, -0.1) is 0 Å². The van der Waals surface area contributed by atoms with Gasteiger partial charge in [0.05, 0.1) is 16.4 Å². The number of amides is 1. The summed E-state index contributed by atoms with van der Waals surface area (Å²) in [6.45, 7) is 0.828. The van der Waals surface area contributed by atoms with E-state index in [-0.39, 0.29) is 17.5 Å². The number of carbonyl (C=O) groups is 2. The molecule has 0 aliphatic carbocycles. The highest BCUT2D eigenvalue weighted by Crippen LogP contribution is 2.32. The summed E-state index contributed by atoms with van der Waals surface area (Å²) in [4.78, 5) is 28.4. The lowest BCUT2D eigenvalue weighted by Crippen LogP contribution is -2.22. The highest BCUT2D eigenvalue weighted by molar-refractivity contribution is 6.33. The number of carbonyl (C=O) groups excluding carboxylic acids is 2. The van der Waals surface area contributed by atoms with Gasteiger partial charge < -0.3 is 24.4 Å². The highest BCUT2D eigenvalue weighted by atomic mass is 35.5. The van der Waals surface area contributed by atoms with Crippen LogP contribution in [0.2, 0.25) is 5.02 Å². The maximum absolute atomic E-state index is 13.0. The van der Waals surface area contributed by atoms with E-state index >= 15 is 0 Å². The number of benzene rings is 2. The van der Waals surface area contributed by atoms with Crippen LogP contribution >= 0.6 is 11.6 Å². The Balaban J connectivity index is 1.42. The molecular formula is C19H16ClFN2O6. The summed E-state index contributed by atoms with van der Waals surface area (Å²) < 4.78 is 28.3. The summed E-state index contributed by atoms with van der Waals surface area (Å²) in [5, 5.41) is 6.27. The molecule has 2 aromatic rings. The summed E-state index contributed by atoms with van der Waals surface area (Å²) in [5.74, 6) is -0.706. The Morgan fingerprint density at radius 1 is 1.17 bits per heavy atom. The van der Waals surface area contributed by atoms with Crippen LogP contribution in [0.5, 0.6) is 11.5 Å². The summed E-state index contributed by atoms with van der Waals surface area (Å²) >= 11 is 5.80. The fourth-order valence-electron chi connectivity index (χ4n) is 2.32. The van der Waals surface area contributed by atoms with Gasteiger partial charge in [-0.1, -0.05) is 16.8 Å². The first kappa shape index (κ1) is 20.4. The number of hydrogen-bond acceptors (Lipinski definition) is 7. The zero-order valence-corrected chi connectivity index (χ0v) is 16.0. The topological polar surface area (TPSA) is 95.5 Å². The standard InChI is InChI=1S/C19H16ClFN2O6/c1-11(12-2-5-16-17(6-12)28-10-27-16)23-29-9-19(25)26-8-18(24)22-15-4-3-13(21)7-14(15)20/h2-7H,8-10H2,1H3,(H,22,24)/b23-11+. The normalized spacial score (nSPS) is 12.4. The summed E-state index contributed by atoms with van der Waals surface area (Å²) in [7, 11) is 0. The maximum atomic E-state index is 13.0. The molecule has 0 saturated carbocycles. The van der Waals surface area contributed by atoms with E-state index in [1.165, 1.54) is 6.07 Å². The number of esters is 1. The Kier molecular flexibility index (Phi) is 6.50. The number of nitrogens with zero attached hydrogens (tertiary/aromatic N) is 1. The van der Waals surface area contributed by atoms with Crippen molar-refractivity contribution in [2.45, 2.75) is 6.92 Å². The fraction of sp³-hybridized carbons (Fsp3) is 0.211. The Hall–Kier alpha value is -3.33. The number of oxime groups is 1. The predicted molar refractivity (Wildman–Crippen MR) is 102 cm³/mol. The van der Waals surface area contributed by atoms with E-state index in [0.717, 1.165) is 17.7 Å². The first-order valence-corrected chi connectivity index (χ1v) is 8.77. The molecular weight excluding hydrogens is 407 g/mol. The van der Waals surface area contributed by atoms with Gasteiger partial charge in [0.25, 0.3) is 5.91 Å². The molecule has 152 valence electrons. The number of anilines is 1. The summed E-state index contributed by atoms with van der Waals surface area (Å²) in [6, 6.07) is 8.76. The number of ether oxygens (including phenoxy) is 3. The van der Waals surface area contributed by atoms with E-state index < -0.39 is 30.9 Å². The molecule has 0 aromatic heterocycles. The van der Waals surface area contributed by atoms with E-state index in [1.807, 2.05) is 0 Å². The molecule has 1 aliphatic heterocycles. The SMILES string of the molecule is C/C(=N\OCC(=O)OCC(=O)Nc1ccc(F)cc1Cl)c1ccc2c(c1)OCO2. The molecule has 0 bridgehead atoms. The molecule has 3 rings (SSSR count). The van der Waals surface area contributed by atoms with Crippen molar-refractivity contribution in [2.24, 2.45) is 5.16 Å². The van der Waals surface area contributed by atoms with Gasteiger partial charge >= 0.3 is 5.97 Å². The monoisotopic (exact) mass is 422 g/mol. The van der Waals surface area contributed by atoms with Gasteiger partial charge in [-0.3, -0.25) is 4.79 Å². The van der Waals surface area contributed by atoms with Gasteiger partial charge in [0, 0.05) is 5.56 Å². The van der Waals surface area contributed by atoms with Crippen LogP contribution in [-0.2, 0) is 19.2 Å². The minimum absolute atomic E-state index is 0.0290. The van der Waals surface area contributed by atoms with Crippen molar-refractivity contribution >= 4 is 34.9 Å². The second-order valence-corrected chi connectivity index (χ2v) is 6.26. The molecule has 1 heterocycles. The maximum Gasteiger partial charge on any atom is 0.347 e. The van der Waals surface area contributed by atoms with Crippen molar-refractivity contribution in [3.05, 3.63) is 52.8 Å². The van der Waals surface area contributed by atoms with E-state index in [9.17, 15) is 14.0 Å². The van der Waals surface area contributed by atoms with Crippen LogP contribution < -0.4 is 14.8 Å². The van der Waals surface area contributed by atoms with Gasteiger partial charge in [-0.25, -0.2) is 9.18 Å². The van der Waals surface area contributed by atoms with Crippen molar-refractivity contribution < 1.29 is 33.0 Å². The average Bonchev–Trinajstić information content (AvgIpc) is 3.16. The lowest BCUT2D eigenvalue weighted by Gasteiger charge is -2.08. The number of hydrogen-bond donors (Lipinski definition) is 1. The minimum atomic E-state index is -0.785. The van der Waals surface area contributed by atoms with Crippen molar-refractivity contribution in [1.29, 1.82) is 0 Å². The minimum Gasteiger partial charge on any atom is -0.454 e. The van der Waals surface area contributed by atoms with E-state index in [2.05, 4.69) is 10.5 Å². The second kappa shape index (κ2) is 9.24. The molecule has 2 aromatic carbocycles. The van der Waals surface area contributed by atoms with Crippen LogP contribution in [0.1, 0.15) is 12.5 Å². The zero-order valence-electron chi connectivity index (χ0n) is 15.2. The van der Waals surface area contributed by atoms with E-state index in [1.54, 1.807) is 25.1 Å². The van der Waals surface area contributed by atoms with Crippen LogP contribution in [0, 0.1) is 5.82 Å². The second-order valence-electron chi connectivity index (χ2n) is 5.85. The molecule has 1 aliphatic rings. The third-order valence-electron chi connectivity index (χ3n) is 3.74. The van der Waals surface area contributed by atoms with Crippen LogP contribution in [-0.4, -0.2) is 37.6 Å². The Morgan fingerprint density at radius 2 is 1.97 bits per heavy atom. The first-order valence-electron chi connectivity index (χ1n) is 8.39. The smallest absolute Gasteiger partial charge is 0.347 e. The van der Waals surface area contributed by atoms with E-state index in [0.29, 0.717) is 17.2 Å². The van der Waals surface area contributed by atoms with Crippen LogP contribution in [0.25, 0.3) is 0 Å². The third kappa shape index (κ3) is 5.58. The van der Waals surface area contributed by atoms with Crippen molar-refractivity contribution in [2.75, 3.05) is 25.3 Å². The zero-order chi connectivity index (χ0) is 20.8. The molecule has 1 amide bonds. The predicted octanol–water partition coefficient (Wildman–Crippen LogP) is 3.13. The summed E-state index contributed by atoms with van der Waals surface area (Å²) in [5.41, 5.74) is 1.45. The molecule has 0 saturated heterocycles. The van der Waals surface area contributed by atoms with Crippen molar-refractivity contribution in [3.63, 3.8) is 0 Å². The molecule has 10 heteroatoms. The highest BCUT2D eigenvalue weighted by Gasteiger charge is 2.14. The summed E-state index contributed by atoms with van der Waals surface area (Å²) in [6.07, 6.45) is 0. The quantitative estimate of drug-likeness (QED) is 0.418. The number of nitrogens with one attached hydrogen (secondary N) is 1. The fourth-order valence-corrected chi connectivity index (χ4v) is 2.54. The number of fused-ring (bicyclic) bond motifs is 1. The van der Waals surface area contributed by atoms with Crippen LogP contribution in [0.3, 0.4) is 0 Å². The molecule has 29 heavy (non-hydrogen) atoms. The van der Waals surface area contributed by atoms with Gasteiger partial charge in [0.1, 0.15) is 5.82 Å². The number of rotatable bonds is 7. The Morgan fingerprint density at radius 3 is 2.76 bits per heavy atom. The Labute approximate surface area is 170 Å². The van der Waals surface area contributed by atoms with Gasteiger partial charge in [0.2, 0.25) is 13.4 Å². The molecule has 1 N–H and O–H groups in total. The molecule has 8 nitrogen and oxygen atoms in total. The van der Waals surface area contributed by atoms with Crippen LogP contribution in [0.4, 0.5) is 10.1 Å². The lowest BCUT2D eigenvalue weighted by atomic mass is 10.1. The van der Waals surface area contributed by atoms with Crippen molar-refractivity contribution in [1.82, 2.24) is 0 Å². The molecule has 0 unspecified atom stereocenters. The average molecular weight is 423 g/mol. The van der Waals surface area contributed by atoms with Crippen LogP contribution in [0.15, 0.2) is 41.6 Å². The molecule has 0 radical (unpaired) electrons. The van der Waals surface area contributed by atoms with Gasteiger partial charge in [-0.05, 0) is 43.3 Å². The largest absolute Gasteiger partial charge is 0.454 e. The lowest BCUT2D eigenvalue weighted by molar-refractivity contribution is -0.151. The van der Waals surface area contributed by atoms with Gasteiger partial charge in [-0.2, -0.15) is 0 Å². The molecule has 0 fully saturated rings. The molecule has 0 spiro atoms. The van der Waals surface area contributed by atoms with Gasteiger partial charge in [0.15, 0.2) is 18.1 Å². The molecule has 0 atom stereocenters. The van der Waals surface area contributed by atoms with E-state index in [4.69, 9.17) is 30.6 Å². The first-order chi connectivity index (χ1) is 13.9. The number of halogens is 2. The van der Waals surface area contributed by atoms with Crippen molar-refractivity contribution in [3.8, 4) is 11.5 Å².